The molecule has 1 aliphatic heterocycles. The molecule has 6 nitrogen and oxygen atoms in total. The maximum atomic E-state index is 5.25. The maximum Gasteiger partial charge on any atom is 0.135 e. The summed E-state index contributed by atoms with van der Waals surface area (Å²) < 4.78 is 5.25. The summed E-state index contributed by atoms with van der Waals surface area (Å²) in [5, 5.41) is 6.75. The first-order valence-electron chi connectivity index (χ1n) is 8.52. The minimum atomic E-state index is 0.278. The predicted molar refractivity (Wildman–Crippen MR) is 95.0 cm³/mol. The van der Waals surface area contributed by atoms with Gasteiger partial charge in [-0.1, -0.05) is 13.8 Å². The third kappa shape index (κ3) is 4.00. The minimum Gasteiger partial charge on any atom is -0.497 e. The van der Waals surface area contributed by atoms with E-state index in [9.17, 15) is 0 Å². The number of rotatable bonds is 5. The van der Waals surface area contributed by atoms with E-state index >= 15 is 0 Å². The lowest BCUT2D eigenvalue weighted by molar-refractivity contribution is 0.414. The van der Waals surface area contributed by atoms with Gasteiger partial charge in [0.15, 0.2) is 0 Å². The third-order valence-corrected chi connectivity index (χ3v) is 4.22. The summed E-state index contributed by atoms with van der Waals surface area (Å²) in [6.07, 6.45) is 4.07. The quantitative estimate of drug-likeness (QED) is 0.878. The number of pyridine rings is 1. The Hall–Kier alpha value is -2.21. The average molecular weight is 327 g/mol. The minimum absolute atomic E-state index is 0.278. The number of anilines is 2. The highest BCUT2D eigenvalue weighted by atomic mass is 16.5. The first-order chi connectivity index (χ1) is 11.7. The van der Waals surface area contributed by atoms with Gasteiger partial charge in [-0.2, -0.15) is 0 Å². The lowest BCUT2D eigenvalue weighted by Gasteiger charge is -2.23. The number of methoxy groups -OCH3 is 1. The van der Waals surface area contributed by atoms with Gasteiger partial charge in [0.25, 0.3) is 0 Å². The number of hydrogen-bond donors (Lipinski definition) is 2. The molecule has 0 saturated carbocycles. The largest absolute Gasteiger partial charge is 0.497 e. The molecule has 0 amide bonds. The number of piperidine rings is 1. The van der Waals surface area contributed by atoms with E-state index in [1.165, 1.54) is 12.8 Å². The first-order valence-corrected chi connectivity index (χ1v) is 8.52. The zero-order valence-corrected chi connectivity index (χ0v) is 14.5. The van der Waals surface area contributed by atoms with Crippen molar-refractivity contribution in [1.82, 2.24) is 20.3 Å². The van der Waals surface area contributed by atoms with Crippen molar-refractivity contribution < 1.29 is 4.74 Å². The van der Waals surface area contributed by atoms with Crippen LogP contribution in [0.15, 0.2) is 24.4 Å². The number of ether oxygens (including phenoxy) is 1. The molecule has 1 aliphatic rings. The SMILES string of the molecule is COc1ccnc(Nc2cc(C3CCCNC3)nc(C(C)C)n2)c1. The summed E-state index contributed by atoms with van der Waals surface area (Å²) in [6.45, 7) is 6.31. The second-order valence-corrected chi connectivity index (χ2v) is 6.44. The Labute approximate surface area is 143 Å². The van der Waals surface area contributed by atoms with E-state index in [4.69, 9.17) is 9.72 Å². The highest BCUT2D eigenvalue weighted by molar-refractivity contribution is 5.54. The molecule has 2 aromatic heterocycles. The van der Waals surface area contributed by atoms with E-state index in [1.807, 2.05) is 18.2 Å². The molecular weight excluding hydrogens is 302 g/mol. The summed E-state index contributed by atoms with van der Waals surface area (Å²) in [5.74, 6) is 3.86. The van der Waals surface area contributed by atoms with Crippen LogP contribution in [0.5, 0.6) is 5.75 Å². The fourth-order valence-electron chi connectivity index (χ4n) is 2.86. The fraction of sp³-hybridized carbons (Fsp3) is 0.500. The lowest BCUT2D eigenvalue weighted by Crippen LogP contribution is -2.29. The molecule has 0 aliphatic carbocycles. The molecule has 3 rings (SSSR count). The van der Waals surface area contributed by atoms with E-state index in [0.717, 1.165) is 42.0 Å². The van der Waals surface area contributed by atoms with Gasteiger partial charge in [-0.25, -0.2) is 15.0 Å². The van der Waals surface area contributed by atoms with Gasteiger partial charge in [-0.3, -0.25) is 0 Å². The Morgan fingerprint density at radius 2 is 2.12 bits per heavy atom. The maximum absolute atomic E-state index is 5.25. The number of hydrogen-bond acceptors (Lipinski definition) is 6. The van der Waals surface area contributed by atoms with Crippen molar-refractivity contribution in [3.05, 3.63) is 35.9 Å². The van der Waals surface area contributed by atoms with Gasteiger partial charge in [0.05, 0.1) is 12.8 Å². The molecular formula is C18H25N5O. The molecule has 3 heterocycles. The van der Waals surface area contributed by atoms with Crippen molar-refractivity contribution in [2.24, 2.45) is 0 Å². The molecule has 0 spiro atoms. The van der Waals surface area contributed by atoms with Crippen molar-refractivity contribution in [2.45, 2.75) is 38.5 Å². The molecule has 24 heavy (non-hydrogen) atoms. The average Bonchev–Trinajstić information content (AvgIpc) is 2.62. The van der Waals surface area contributed by atoms with Gasteiger partial charge in [-0.05, 0) is 25.5 Å². The molecule has 2 aromatic rings. The Kier molecular flexibility index (Phi) is 5.25. The van der Waals surface area contributed by atoms with E-state index in [0.29, 0.717) is 5.92 Å². The van der Waals surface area contributed by atoms with Crippen LogP contribution in [0.2, 0.25) is 0 Å². The Balaban J connectivity index is 1.89. The highest BCUT2D eigenvalue weighted by Crippen LogP contribution is 2.26. The normalized spacial score (nSPS) is 17.8. The van der Waals surface area contributed by atoms with Crippen LogP contribution in [0.4, 0.5) is 11.6 Å². The number of aromatic nitrogens is 3. The number of nitrogens with zero attached hydrogens (tertiary/aromatic N) is 3. The molecule has 0 aromatic carbocycles. The van der Waals surface area contributed by atoms with Gasteiger partial charge >= 0.3 is 0 Å². The van der Waals surface area contributed by atoms with Crippen molar-refractivity contribution in [2.75, 3.05) is 25.5 Å². The summed E-state index contributed by atoms with van der Waals surface area (Å²) in [4.78, 5) is 13.8. The second kappa shape index (κ2) is 7.57. The van der Waals surface area contributed by atoms with E-state index in [2.05, 4.69) is 34.4 Å². The van der Waals surface area contributed by atoms with E-state index < -0.39 is 0 Å². The van der Waals surface area contributed by atoms with Gasteiger partial charge in [0, 0.05) is 36.7 Å². The van der Waals surface area contributed by atoms with Crippen LogP contribution >= 0.6 is 0 Å². The first kappa shape index (κ1) is 16.6. The van der Waals surface area contributed by atoms with Gasteiger partial charge in [0.1, 0.15) is 23.2 Å². The predicted octanol–water partition coefficient (Wildman–Crippen LogP) is 3.21. The molecule has 1 saturated heterocycles. The van der Waals surface area contributed by atoms with Crippen LogP contribution in [0.3, 0.4) is 0 Å². The monoisotopic (exact) mass is 327 g/mol. The Morgan fingerprint density at radius 3 is 2.83 bits per heavy atom. The molecule has 1 fully saturated rings. The summed E-state index contributed by atoms with van der Waals surface area (Å²) in [6, 6.07) is 5.73. The Bertz CT molecular complexity index is 683. The topological polar surface area (TPSA) is 72.0 Å². The molecule has 0 bridgehead atoms. The third-order valence-electron chi connectivity index (χ3n) is 4.22. The van der Waals surface area contributed by atoms with Crippen LogP contribution < -0.4 is 15.4 Å². The van der Waals surface area contributed by atoms with Crippen LogP contribution in [0.1, 0.15) is 50.0 Å². The van der Waals surface area contributed by atoms with Crippen LogP contribution in [-0.2, 0) is 0 Å². The van der Waals surface area contributed by atoms with Crippen LogP contribution in [-0.4, -0.2) is 35.2 Å². The van der Waals surface area contributed by atoms with Crippen LogP contribution in [0.25, 0.3) is 0 Å². The zero-order chi connectivity index (χ0) is 16.9. The van der Waals surface area contributed by atoms with Crippen LogP contribution in [0, 0.1) is 0 Å². The van der Waals surface area contributed by atoms with Crippen molar-refractivity contribution in [3.63, 3.8) is 0 Å². The molecule has 128 valence electrons. The molecule has 2 N–H and O–H groups in total. The molecule has 1 atom stereocenters. The molecule has 0 radical (unpaired) electrons. The van der Waals surface area contributed by atoms with Crippen molar-refractivity contribution in [3.8, 4) is 5.75 Å². The fourth-order valence-corrected chi connectivity index (χ4v) is 2.86. The number of nitrogens with one attached hydrogen (secondary N) is 2. The van der Waals surface area contributed by atoms with Gasteiger partial charge in [0.2, 0.25) is 0 Å². The highest BCUT2D eigenvalue weighted by Gasteiger charge is 2.19. The summed E-state index contributed by atoms with van der Waals surface area (Å²) in [5.41, 5.74) is 1.10. The summed E-state index contributed by atoms with van der Waals surface area (Å²) >= 11 is 0. The second-order valence-electron chi connectivity index (χ2n) is 6.44. The smallest absolute Gasteiger partial charge is 0.135 e. The van der Waals surface area contributed by atoms with Gasteiger partial charge in [-0.15, -0.1) is 0 Å². The zero-order valence-electron chi connectivity index (χ0n) is 14.5. The Morgan fingerprint density at radius 1 is 1.25 bits per heavy atom. The molecule has 6 heteroatoms. The van der Waals surface area contributed by atoms with E-state index in [1.54, 1.807) is 13.3 Å². The van der Waals surface area contributed by atoms with Crippen molar-refractivity contribution in [1.29, 1.82) is 0 Å². The lowest BCUT2D eigenvalue weighted by atomic mass is 9.95. The van der Waals surface area contributed by atoms with Gasteiger partial charge < -0.3 is 15.4 Å². The molecule has 1 unspecified atom stereocenters. The van der Waals surface area contributed by atoms with Crippen molar-refractivity contribution >= 4 is 11.6 Å². The van der Waals surface area contributed by atoms with E-state index in [-0.39, 0.29) is 5.92 Å². The standard InChI is InChI=1S/C18H25N5O/c1-12(2)18-21-15(13-5-4-7-19-11-13)10-17(23-18)22-16-9-14(24-3)6-8-20-16/h6,8-10,12-13,19H,4-5,7,11H2,1-3H3,(H,20,21,22,23). The summed E-state index contributed by atoms with van der Waals surface area (Å²) in [7, 11) is 1.65.